The van der Waals surface area contributed by atoms with Crippen LogP contribution in [0.15, 0.2) is 18.3 Å². The van der Waals surface area contributed by atoms with Gasteiger partial charge in [0.15, 0.2) is 0 Å². The van der Waals surface area contributed by atoms with Gasteiger partial charge in [-0.2, -0.15) is 0 Å². The summed E-state index contributed by atoms with van der Waals surface area (Å²) in [6, 6.07) is 3.74. The van der Waals surface area contributed by atoms with Crippen molar-refractivity contribution < 1.29 is 4.79 Å². The lowest BCUT2D eigenvalue weighted by Crippen LogP contribution is -2.31. The molecule has 0 aromatic carbocycles. The first-order chi connectivity index (χ1) is 8.17. The minimum absolute atomic E-state index is 0.0781. The van der Waals surface area contributed by atoms with E-state index in [9.17, 15) is 4.79 Å². The number of amides is 1. The number of nitrogens with zero attached hydrogens (tertiary/aromatic N) is 2. The number of aromatic nitrogens is 1. The highest BCUT2D eigenvalue weighted by Gasteiger charge is 2.05. The van der Waals surface area contributed by atoms with Crippen LogP contribution in [0.5, 0.6) is 0 Å². The molecule has 0 aliphatic carbocycles. The molecule has 1 aromatic rings. The highest BCUT2D eigenvalue weighted by Crippen LogP contribution is 2.11. The fraction of sp³-hybridized carbons (Fsp3) is 0.500. The maximum atomic E-state index is 11.6. The zero-order valence-electron chi connectivity index (χ0n) is 10.7. The lowest BCUT2D eigenvalue weighted by molar-refractivity contribution is -0.127. The molecule has 17 heavy (non-hydrogen) atoms. The molecule has 1 amide bonds. The van der Waals surface area contributed by atoms with Gasteiger partial charge in [0, 0.05) is 38.1 Å². The molecule has 0 saturated heterocycles. The van der Waals surface area contributed by atoms with E-state index in [2.05, 4.69) is 15.6 Å². The molecule has 0 radical (unpaired) electrons. The zero-order chi connectivity index (χ0) is 12.7. The number of carbonyl (C=O) groups is 1. The molecular weight excluding hydrogens is 216 g/mol. The van der Waals surface area contributed by atoms with Crippen LogP contribution < -0.4 is 10.6 Å². The third kappa shape index (κ3) is 4.30. The average Bonchev–Trinajstić information content (AvgIpc) is 2.36. The standard InChI is InChI=1S/C12H20N4O/c1-4-13-11-8-10(6-7-14-11)15-9-12(17)16(3)5-2/h6-8H,4-5,9H2,1-3H3,(H2,13,14,15). The summed E-state index contributed by atoms with van der Waals surface area (Å²) in [7, 11) is 1.79. The summed E-state index contributed by atoms with van der Waals surface area (Å²) >= 11 is 0. The van der Waals surface area contributed by atoms with Crippen molar-refractivity contribution in [1.29, 1.82) is 0 Å². The van der Waals surface area contributed by atoms with Gasteiger partial charge in [0.05, 0.1) is 6.54 Å². The summed E-state index contributed by atoms with van der Waals surface area (Å²) in [4.78, 5) is 17.4. The highest BCUT2D eigenvalue weighted by molar-refractivity contribution is 5.80. The predicted molar refractivity (Wildman–Crippen MR) is 70.2 cm³/mol. The average molecular weight is 236 g/mol. The van der Waals surface area contributed by atoms with Gasteiger partial charge >= 0.3 is 0 Å². The number of pyridine rings is 1. The number of hydrogen-bond donors (Lipinski definition) is 2. The summed E-state index contributed by atoms with van der Waals surface area (Å²) in [6.07, 6.45) is 1.72. The van der Waals surface area contributed by atoms with Crippen LogP contribution in [0.4, 0.5) is 11.5 Å². The maximum absolute atomic E-state index is 11.6. The molecule has 0 unspecified atom stereocenters. The quantitative estimate of drug-likeness (QED) is 0.784. The number of likely N-dealkylation sites (N-methyl/N-ethyl adjacent to an activating group) is 1. The van der Waals surface area contributed by atoms with Gasteiger partial charge in [0.2, 0.25) is 5.91 Å². The first-order valence-corrected chi connectivity index (χ1v) is 5.85. The van der Waals surface area contributed by atoms with Crippen LogP contribution in [0, 0.1) is 0 Å². The van der Waals surface area contributed by atoms with Crippen LogP contribution in [0.2, 0.25) is 0 Å². The molecule has 0 aliphatic heterocycles. The van der Waals surface area contributed by atoms with Crippen molar-refractivity contribution >= 4 is 17.4 Å². The summed E-state index contributed by atoms with van der Waals surface area (Å²) < 4.78 is 0. The minimum Gasteiger partial charge on any atom is -0.376 e. The smallest absolute Gasteiger partial charge is 0.241 e. The first-order valence-electron chi connectivity index (χ1n) is 5.85. The maximum Gasteiger partial charge on any atom is 0.241 e. The Kier molecular flexibility index (Phi) is 5.26. The van der Waals surface area contributed by atoms with Gasteiger partial charge in [-0.15, -0.1) is 0 Å². The fourth-order valence-corrected chi connectivity index (χ4v) is 1.31. The van der Waals surface area contributed by atoms with E-state index in [0.29, 0.717) is 6.54 Å². The SMILES string of the molecule is CCNc1cc(NCC(=O)N(C)CC)ccn1. The topological polar surface area (TPSA) is 57.3 Å². The van der Waals surface area contributed by atoms with Gasteiger partial charge in [-0.1, -0.05) is 0 Å². The van der Waals surface area contributed by atoms with Crippen molar-refractivity contribution in [1.82, 2.24) is 9.88 Å². The van der Waals surface area contributed by atoms with Gasteiger partial charge in [-0.05, 0) is 19.9 Å². The molecule has 94 valence electrons. The normalized spacial score (nSPS) is 9.82. The second-order valence-corrected chi connectivity index (χ2v) is 3.72. The van der Waals surface area contributed by atoms with Crippen molar-refractivity contribution in [3.8, 4) is 0 Å². The van der Waals surface area contributed by atoms with Crippen LogP contribution in [-0.2, 0) is 4.79 Å². The Balaban J connectivity index is 2.51. The van der Waals surface area contributed by atoms with Gasteiger partial charge < -0.3 is 15.5 Å². The van der Waals surface area contributed by atoms with Crippen LogP contribution in [-0.4, -0.2) is 42.5 Å². The Morgan fingerprint density at radius 1 is 1.41 bits per heavy atom. The van der Waals surface area contributed by atoms with E-state index in [-0.39, 0.29) is 5.91 Å². The molecule has 0 saturated carbocycles. The molecular formula is C12H20N4O. The molecule has 1 heterocycles. The van der Waals surface area contributed by atoms with E-state index in [4.69, 9.17) is 0 Å². The summed E-state index contributed by atoms with van der Waals surface area (Å²) in [5.74, 6) is 0.892. The van der Waals surface area contributed by atoms with E-state index in [1.165, 1.54) is 0 Å². The lowest BCUT2D eigenvalue weighted by Gasteiger charge is -2.15. The molecule has 0 spiro atoms. The van der Waals surface area contributed by atoms with Crippen molar-refractivity contribution in [3.05, 3.63) is 18.3 Å². The number of anilines is 2. The monoisotopic (exact) mass is 236 g/mol. The number of carbonyl (C=O) groups excluding carboxylic acids is 1. The van der Waals surface area contributed by atoms with Crippen LogP contribution in [0.1, 0.15) is 13.8 Å². The second-order valence-electron chi connectivity index (χ2n) is 3.72. The van der Waals surface area contributed by atoms with Crippen molar-refractivity contribution in [3.63, 3.8) is 0 Å². The largest absolute Gasteiger partial charge is 0.376 e. The third-order valence-corrected chi connectivity index (χ3v) is 2.46. The summed E-state index contributed by atoms with van der Waals surface area (Å²) in [5.41, 5.74) is 0.897. The van der Waals surface area contributed by atoms with Crippen LogP contribution in [0.25, 0.3) is 0 Å². The molecule has 0 aliphatic rings. The van der Waals surface area contributed by atoms with Crippen LogP contribution in [0.3, 0.4) is 0 Å². The Morgan fingerprint density at radius 2 is 2.18 bits per heavy atom. The number of rotatable bonds is 6. The fourth-order valence-electron chi connectivity index (χ4n) is 1.31. The van der Waals surface area contributed by atoms with Gasteiger partial charge in [0.25, 0.3) is 0 Å². The van der Waals surface area contributed by atoms with Crippen molar-refractivity contribution in [2.24, 2.45) is 0 Å². The molecule has 0 atom stereocenters. The van der Waals surface area contributed by atoms with Crippen LogP contribution >= 0.6 is 0 Å². The van der Waals surface area contributed by atoms with E-state index in [1.54, 1.807) is 18.1 Å². The van der Waals surface area contributed by atoms with E-state index in [0.717, 1.165) is 24.6 Å². The summed E-state index contributed by atoms with van der Waals surface area (Å²) in [5, 5.41) is 6.21. The van der Waals surface area contributed by atoms with Gasteiger partial charge in [-0.25, -0.2) is 4.98 Å². The number of hydrogen-bond acceptors (Lipinski definition) is 4. The van der Waals surface area contributed by atoms with Crippen molar-refractivity contribution in [2.45, 2.75) is 13.8 Å². The molecule has 2 N–H and O–H groups in total. The van der Waals surface area contributed by atoms with Gasteiger partial charge in [-0.3, -0.25) is 4.79 Å². The van der Waals surface area contributed by atoms with E-state index < -0.39 is 0 Å². The Bertz CT molecular complexity index is 367. The Morgan fingerprint density at radius 3 is 2.82 bits per heavy atom. The zero-order valence-corrected chi connectivity index (χ0v) is 10.7. The van der Waals surface area contributed by atoms with Gasteiger partial charge in [0.1, 0.15) is 5.82 Å². The second kappa shape index (κ2) is 6.73. The Hall–Kier alpha value is -1.78. The van der Waals surface area contributed by atoms with E-state index in [1.807, 2.05) is 26.0 Å². The first kappa shape index (κ1) is 13.3. The summed E-state index contributed by atoms with van der Waals surface area (Å²) in [6.45, 7) is 5.82. The predicted octanol–water partition coefficient (Wildman–Crippen LogP) is 1.40. The molecule has 5 heteroatoms. The van der Waals surface area contributed by atoms with Crippen molar-refractivity contribution in [2.75, 3.05) is 37.3 Å². The molecule has 0 fully saturated rings. The lowest BCUT2D eigenvalue weighted by atomic mass is 10.3. The number of nitrogens with one attached hydrogen (secondary N) is 2. The molecule has 5 nitrogen and oxygen atoms in total. The minimum atomic E-state index is 0.0781. The van der Waals surface area contributed by atoms with E-state index >= 15 is 0 Å². The Labute approximate surface area is 102 Å². The highest BCUT2D eigenvalue weighted by atomic mass is 16.2. The third-order valence-electron chi connectivity index (χ3n) is 2.46. The molecule has 1 aromatic heterocycles. The molecule has 0 bridgehead atoms. The molecule has 1 rings (SSSR count).